The third-order valence-electron chi connectivity index (χ3n) is 7.20. The second-order valence-electron chi connectivity index (χ2n) is 9.69. The SMILES string of the molecule is COc1ccc(CO[C@@H]2[C@@H](C)[C@H]([C@@H](C)C=C[C@H]3C[C@H](OC)C[C@H](C)O3)O[C@H](CI)[C@@H]2C)cc1. The molecule has 0 amide bonds. The highest BCUT2D eigenvalue weighted by Crippen LogP contribution is 2.37. The van der Waals surface area contributed by atoms with E-state index in [1.165, 1.54) is 0 Å². The number of ether oxygens (including phenoxy) is 5. The van der Waals surface area contributed by atoms with Crippen LogP contribution in [0.5, 0.6) is 5.75 Å². The van der Waals surface area contributed by atoms with Crippen LogP contribution in [0.4, 0.5) is 0 Å². The number of rotatable bonds is 9. The van der Waals surface area contributed by atoms with Crippen LogP contribution in [0.15, 0.2) is 36.4 Å². The molecule has 6 heteroatoms. The van der Waals surface area contributed by atoms with Gasteiger partial charge >= 0.3 is 0 Å². The Kier molecular flexibility index (Phi) is 10.5. The largest absolute Gasteiger partial charge is 0.497 e. The van der Waals surface area contributed by atoms with Gasteiger partial charge in [0, 0.05) is 35.7 Å². The van der Waals surface area contributed by atoms with Gasteiger partial charge in [0.15, 0.2) is 0 Å². The fraction of sp³-hybridized carbons (Fsp3) is 0.704. The minimum absolute atomic E-state index is 0.0986. The highest BCUT2D eigenvalue weighted by Gasteiger charge is 2.43. The number of alkyl halides is 1. The van der Waals surface area contributed by atoms with Crippen LogP contribution < -0.4 is 4.74 Å². The smallest absolute Gasteiger partial charge is 0.118 e. The fourth-order valence-corrected chi connectivity index (χ4v) is 6.19. The van der Waals surface area contributed by atoms with Gasteiger partial charge in [-0.1, -0.05) is 67.6 Å². The summed E-state index contributed by atoms with van der Waals surface area (Å²) >= 11 is 2.44. The lowest BCUT2D eigenvalue weighted by Crippen LogP contribution is -2.52. The predicted molar refractivity (Wildman–Crippen MR) is 140 cm³/mol. The number of benzene rings is 1. The molecule has 2 aliphatic rings. The molecule has 2 saturated heterocycles. The maximum absolute atomic E-state index is 6.62. The van der Waals surface area contributed by atoms with Crippen molar-refractivity contribution >= 4 is 22.6 Å². The zero-order chi connectivity index (χ0) is 24.0. The van der Waals surface area contributed by atoms with Gasteiger partial charge in [-0.2, -0.15) is 0 Å². The molecule has 2 fully saturated rings. The van der Waals surface area contributed by atoms with Crippen molar-refractivity contribution in [3.8, 4) is 5.75 Å². The van der Waals surface area contributed by atoms with Crippen molar-refractivity contribution < 1.29 is 23.7 Å². The van der Waals surface area contributed by atoms with Crippen LogP contribution >= 0.6 is 22.6 Å². The molecule has 1 aromatic rings. The molecule has 5 nitrogen and oxygen atoms in total. The van der Waals surface area contributed by atoms with Crippen LogP contribution in [-0.4, -0.2) is 55.3 Å². The summed E-state index contributed by atoms with van der Waals surface area (Å²) in [4.78, 5) is 0. The second-order valence-corrected chi connectivity index (χ2v) is 10.6. The van der Waals surface area contributed by atoms with Crippen molar-refractivity contribution in [2.24, 2.45) is 17.8 Å². The van der Waals surface area contributed by atoms with Crippen LogP contribution in [0.1, 0.15) is 46.1 Å². The molecule has 1 aromatic carbocycles. The van der Waals surface area contributed by atoms with Crippen LogP contribution in [0, 0.1) is 17.8 Å². The minimum atomic E-state index is 0.0986. The summed E-state index contributed by atoms with van der Waals surface area (Å²) in [6, 6.07) is 8.12. The summed E-state index contributed by atoms with van der Waals surface area (Å²) in [5.41, 5.74) is 1.16. The van der Waals surface area contributed by atoms with E-state index < -0.39 is 0 Å². The Morgan fingerprint density at radius 1 is 1.06 bits per heavy atom. The van der Waals surface area contributed by atoms with E-state index in [9.17, 15) is 0 Å². The van der Waals surface area contributed by atoms with Crippen LogP contribution in [0.3, 0.4) is 0 Å². The third-order valence-corrected chi connectivity index (χ3v) is 8.07. The molecule has 0 radical (unpaired) electrons. The molecule has 3 rings (SSSR count). The summed E-state index contributed by atoms with van der Waals surface area (Å²) in [6.45, 7) is 9.50. The molecular weight excluding hydrogens is 531 g/mol. The minimum Gasteiger partial charge on any atom is -0.497 e. The number of methoxy groups -OCH3 is 2. The normalized spacial score (nSPS) is 36.1. The number of hydrogen-bond acceptors (Lipinski definition) is 5. The van der Waals surface area contributed by atoms with Gasteiger partial charge < -0.3 is 23.7 Å². The second kappa shape index (κ2) is 12.9. The Bertz CT molecular complexity index is 739. The van der Waals surface area contributed by atoms with Crippen molar-refractivity contribution in [1.82, 2.24) is 0 Å². The van der Waals surface area contributed by atoms with Crippen LogP contribution in [-0.2, 0) is 25.6 Å². The molecule has 2 heterocycles. The van der Waals surface area contributed by atoms with Gasteiger partial charge in [0.05, 0.1) is 50.3 Å². The van der Waals surface area contributed by atoms with E-state index in [0.29, 0.717) is 12.5 Å². The van der Waals surface area contributed by atoms with Gasteiger partial charge in [0.2, 0.25) is 0 Å². The Hall–Kier alpha value is -0.670. The Morgan fingerprint density at radius 3 is 2.42 bits per heavy atom. The van der Waals surface area contributed by atoms with E-state index in [-0.39, 0.29) is 48.5 Å². The fourth-order valence-electron chi connectivity index (χ4n) is 5.18. The molecule has 0 N–H and O–H groups in total. The van der Waals surface area contributed by atoms with Gasteiger partial charge in [-0.05, 0) is 31.0 Å². The van der Waals surface area contributed by atoms with Gasteiger partial charge in [-0.3, -0.25) is 0 Å². The van der Waals surface area contributed by atoms with Crippen LogP contribution in [0.25, 0.3) is 0 Å². The lowest BCUT2D eigenvalue weighted by molar-refractivity contribution is -0.185. The molecule has 0 aliphatic carbocycles. The molecule has 9 atom stereocenters. The Balaban J connectivity index is 1.65. The lowest BCUT2D eigenvalue weighted by atomic mass is 9.79. The molecule has 0 unspecified atom stereocenters. The molecule has 0 saturated carbocycles. The monoisotopic (exact) mass is 572 g/mol. The third kappa shape index (κ3) is 7.17. The highest BCUT2D eigenvalue weighted by atomic mass is 127. The number of halogens is 1. The lowest BCUT2D eigenvalue weighted by Gasteiger charge is -2.46. The van der Waals surface area contributed by atoms with E-state index in [1.54, 1.807) is 14.2 Å². The van der Waals surface area contributed by atoms with E-state index >= 15 is 0 Å². The first kappa shape index (κ1) is 26.9. The van der Waals surface area contributed by atoms with Crippen molar-refractivity contribution in [2.75, 3.05) is 18.6 Å². The maximum Gasteiger partial charge on any atom is 0.118 e. The summed E-state index contributed by atoms with van der Waals surface area (Å²) in [5.74, 6) is 1.76. The molecular formula is C27H41IO5. The van der Waals surface area contributed by atoms with E-state index in [4.69, 9.17) is 23.7 Å². The zero-order valence-corrected chi connectivity index (χ0v) is 23.1. The first-order valence-electron chi connectivity index (χ1n) is 12.2. The van der Waals surface area contributed by atoms with Crippen molar-refractivity contribution in [3.05, 3.63) is 42.0 Å². The summed E-state index contributed by atoms with van der Waals surface area (Å²) in [7, 11) is 3.48. The van der Waals surface area contributed by atoms with Gasteiger partial charge in [0.1, 0.15) is 5.75 Å². The average molecular weight is 573 g/mol. The van der Waals surface area contributed by atoms with Crippen molar-refractivity contribution in [2.45, 2.75) is 83.8 Å². The molecule has 0 bridgehead atoms. The predicted octanol–water partition coefficient (Wildman–Crippen LogP) is 5.83. The van der Waals surface area contributed by atoms with E-state index in [0.717, 1.165) is 28.6 Å². The molecule has 2 aliphatic heterocycles. The average Bonchev–Trinajstić information content (AvgIpc) is 2.82. The van der Waals surface area contributed by atoms with E-state index in [2.05, 4.69) is 74.6 Å². The topological polar surface area (TPSA) is 46.2 Å². The van der Waals surface area contributed by atoms with Crippen molar-refractivity contribution in [3.63, 3.8) is 0 Å². The summed E-state index contributed by atoms with van der Waals surface area (Å²) in [5, 5.41) is 0. The van der Waals surface area contributed by atoms with Gasteiger partial charge in [-0.25, -0.2) is 0 Å². The molecule has 0 spiro atoms. The Morgan fingerprint density at radius 2 is 1.79 bits per heavy atom. The molecule has 33 heavy (non-hydrogen) atoms. The summed E-state index contributed by atoms with van der Waals surface area (Å²) in [6.07, 6.45) is 7.39. The zero-order valence-electron chi connectivity index (χ0n) is 20.9. The first-order chi connectivity index (χ1) is 15.9. The van der Waals surface area contributed by atoms with Crippen molar-refractivity contribution in [1.29, 1.82) is 0 Å². The van der Waals surface area contributed by atoms with E-state index in [1.807, 2.05) is 12.1 Å². The standard InChI is InChI=1S/C27H41IO5/c1-17(7-10-23-14-24(30-6)13-18(2)32-23)26-20(4)27(19(3)25(15-28)33-26)31-16-21-8-11-22(29-5)12-9-21/h7-12,17-20,23-27H,13-16H2,1-6H3/t17-,18-,19-,20-,23-,24+,25+,26-,27-/m0/s1. The first-order valence-corrected chi connectivity index (χ1v) is 13.7. The number of hydrogen-bond donors (Lipinski definition) is 0. The molecule has 0 aromatic heterocycles. The summed E-state index contributed by atoms with van der Waals surface area (Å²) < 4.78 is 31.1. The highest BCUT2D eigenvalue weighted by molar-refractivity contribution is 14.1. The van der Waals surface area contributed by atoms with Gasteiger partial charge in [0.25, 0.3) is 0 Å². The maximum atomic E-state index is 6.62. The molecule has 186 valence electrons. The van der Waals surface area contributed by atoms with Crippen LogP contribution in [0.2, 0.25) is 0 Å². The quantitative estimate of drug-likeness (QED) is 0.212. The van der Waals surface area contributed by atoms with Gasteiger partial charge in [-0.15, -0.1) is 0 Å². The Labute approximate surface area is 213 Å².